The Morgan fingerprint density at radius 1 is 1.23 bits per heavy atom. The lowest BCUT2D eigenvalue weighted by Crippen LogP contribution is -2.48. The molecule has 0 aliphatic carbocycles. The lowest BCUT2D eigenvalue weighted by Gasteiger charge is -2.33. The van der Waals surface area contributed by atoms with Gasteiger partial charge in [0.05, 0.1) is 0 Å². The number of nitrogens with zero attached hydrogens (tertiary/aromatic N) is 4. The maximum absolute atomic E-state index is 13.1. The second-order valence-electron chi connectivity index (χ2n) is 8.41. The van der Waals surface area contributed by atoms with Crippen LogP contribution >= 0.6 is 24.0 Å². The maximum Gasteiger partial charge on any atom is 0.191 e. The van der Waals surface area contributed by atoms with Crippen LogP contribution in [0.4, 0.5) is 4.39 Å². The van der Waals surface area contributed by atoms with E-state index in [1.807, 2.05) is 24.5 Å². The minimum Gasteiger partial charge on any atom is -0.357 e. The van der Waals surface area contributed by atoms with E-state index < -0.39 is 0 Å². The monoisotopic (exact) mass is 542 g/mol. The zero-order chi connectivity index (χ0) is 21.3. The summed E-state index contributed by atoms with van der Waals surface area (Å²) in [6.45, 7) is 11.8. The van der Waals surface area contributed by atoms with Crippen molar-refractivity contribution in [2.24, 2.45) is 10.9 Å². The molecule has 1 aliphatic rings. The van der Waals surface area contributed by atoms with E-state index in [1.54, 1.807) is 0 Å². The van der Waals surface area contributed by atoms with E-state index in [-0.39, 0.29) is 29.8 Å². The van der Waals surface area contributed by atoms with Crippen molar-refractivity contribution < 1.29 is 4.39 Å². The van der Waals surface area contributed by atoms with Gasteiger partial charge in [0.1, 0.15) is 18.2 Å². The summed E-state index contributed by atoms with van der Waals surface area (Å²) in [7, 11) is 0. The first-order chi connectivity index (χ1) is 14.5. The van der Waals surface area contributed by atoms with Crippen LogP contribution in [0.1, 0.15) is 45.0 Å². The van der Waals surface area contributed by atoms with Gasteiger partial charge in [0.15, 0.2) is 5.96 Å². The van der Waals surface area contributed by atoms with Crippen molar-refractivity contribution in [1.29, 1.82) is 0 Å². The Hall–Kier alpha value is -1.68. The van der Waals surface area contributed by atoms with Crippen molar-refractivity contribution in [1.82, 2.24) is 25.1 Å². The molecule has 2 N–H and O–H groups in total. The second-order valence-corrected chi connectivity index (χ2v) is 8.41. The Morgan fingerprint density at radius 2 is 1.94 bits per heavy atom. The fourth-order valence-corrected chi connectivity index (χ4v) is 3.80. The third-order valence-corrected chi connectivity index (χ3v) is 5.33. The number of rotatable bonds is 8. The Morgan fingerprint density at radius 3 is 2.58 bits per heavy atom. The predicted molar refractivity (Wildman–Crippen MR) is 135 cm³/mol. The van der Waals surface area contributed by atoms with Gasteiger partial charge in [-0.25, -0.2) is 14.4 Å². The summed E-state index contributed by atoms with van der Waals surface area (Å²) in [5.41, 5.74) is 1.16. The molecule has 172 valence electrons. The van der Waals surface area contributed by atoms with Crippen LogP contribution in [0.15, 0.2) is 41.7 Å². The molecule has 1 aliphatic heterocycles. The number of aliphatic imine (C=N–C) groups is 1. The number of hydrogen-bond donors (Lipinski definition) is 2. The molecule has 0 saturated carbocycles. The van der Waals surface area contributed by atoms with E-state index in [0.29, 0.717) is 18.5 Å². The van der Waals surface area contributed by atoms with Crippen LogP contribution in [0.2, 0.25) is 0 Å². The van der Waals surface area contributed by atoms with Crippen LogP contribution in [-0.2, 0) is 19.6 Å². The van der Waals surface area contributed by atoms with Crippen LogP contribution in [0.5, 0.6) is 0 Å². The second kappa shape index (κ2) is 13.0. The summed E-state index contributed by atoms with van der Waals surface area (Å²) in [6, 6.07) is 7.23. The van der Waals surface area contributed by atoms with Crippen LogP contribution in [0.25, 0.3) is 0 Å². The number of imidazole rings is 1. The number of aromatic nitrogens is 2. The predicted octanol–water partition coefficient (Wildman–Crippen LogP) is 4.02. The minimum atomic E-state index is -0.177. The molecule has 0 spiro atoms. The highest BCUT2D eigenvalue weighted by Gasteiger charge is 2.20. The first-order valence-electron chi connectivity index (χ1n) is 11.0. The molecular formula is C23H36FIN6. The zero-order valence-corrected chi connectivity index (χ0v) is 21.2. The molecular weight excluding hydrogens is 506 g/mol. The molecule has 0 radical (unpaired) electrons. The molecule has 2 heterocycles. The van der Waals surface area contributed by atoms with Gasteiger partial charge in [0.2, 0.25) is 0 Å². The lowest BCUT2D eigenvalue weighted by molar-refractivity contribution is 0.198. The van der Waals surface area contributed by atoms with Gasteiger partial charge in [0.25, 0.3) is 0 Å². The van der Waals surface area contributed by atoms with E-state index in [1.165, 1.54) is 12.1 Å². The number of guanidine groups is 1. The molecule has 0 amide bonds. The summed E-state index contributed by atoms with van der Waals surface area (Å²) < 4.78 is 15.3. The van der Waals surface area contributed by atoms with Crippen LogP contribution in [-0.4, -0.2) is 46.1 Å². The fraction of sp³-hybridized carbons (Fsp3) is 0.565. The van der Waals surface area contributed by atoms with E-state index in [0.717, 1.165) is 62.9 Å². The molecule has 31 heavy (non-hydrogen) atoms. The first kappa shape index (κ1) is 25.6. The topological polar surface area (TPSA) is 57.5 Å². The van der Waals surface area contributed by atoms with E-state index >= 15 is 0 Å². The number of hydrogen-bond acceptors (Lipinski definition) is 3. The molecule has 1 aromatic heterocycles. The summed E-state index contributed by atoms with van der Waals surface area (Å²) in [5.74, 6) is 2.25. The molecule has 0 bridgehead atoms. The van der Waals surface area contributed by atoms with Crippen LogP contribution in [0.3, 0.4) is 0 Å². The molecule has 8 heteroatoms. The minimum absolute atomic E-state index is 0. The standard InChI is InChI=1S/C23H35FN6.HI/c1-4-25-23(27-15-22-26-11-14-30(22)16-18(2)3)28-21-9-12-29(13-10-21)17-19-5-7-20(24)8-6-19;/h5-8,11,14,18,21H,4,9-10,12-13,15-17H2,1-3H3,(H2,25,27,28);1H. The Kier molecular flexibility index (Phi) is 10.7. The van der Waals surface area contributed by atoms with Gasteiger partial charge in [0, 0.05) is 51.2 Å². The summed E-state index contributed by atoms with van der Waals surface area (Å²) in [4.78, 5) is 11.7. The Balaban J connectivity index is 0.00000341. The van der Waals surface area contributed by atoms with E-state index in [9.17, 15) is 4.39 Å². The highest BCUT2D eigenvalue weighted by molar-refractivity contribution is 14.0. The van der Waals surface area contributed by atoms with Gasteiger partial charge in [-0.1, -0.05) is 26.0 Å². The van der Waals surface area contributed by atoms with Crippen LogP contribution < -0.4 is 10.6 Å². The van der Waals surface area contributed by atoms with Gasteiger partial charge in [-0.05, 0) is 43.4 Å². The highest BCUT2D eigenvalue weighted by atomic mass is 127. The van der Waals surface area contributed by atoms with Crippen molar-refractivity contribution >= 4 is 29.9 Å². The third kappa shape index (κ3) is 8.40. The summed E-state index contributed by atoms with van der Waals surface area (Å²) in [6.07, 6.45) is 6.01. The zero-order valence-electron chi connectivity index (χ0n) is 18.9. The first-order valence-corrected chi connectivity index (χ1v) is 11.0. The largest absolute Gasteiger partial charge is 0.357 e. The molecule has 1 fully saturated rings. The summed E-state index contributed by atoms with van der Waals surface area (Å²) in [5, 5.41) is 6.96. The highest BCUT2D eigenvalue weighted by Crippen LogP contribution is 2.14. The average molecular weight is 542 g/mol. The van der Waals surface area contributed by atoms with Crippen molar-refractivity contribution in [3.63, 3.8) is 0 Å². The van der Waals surface area contributed by atoms with Gasteiger partial charge >= 0.3 is 0 Å². The number of halogens is 2. The van der Waals surface area contributed by atoms with Crippen LogP contribution in [0, 0.1) is 11.7 Å². The quantitative estimate of drug-likeness (QED) is 0.301. The molecule has 3 rings (SSSR count). The number of piperidine rings is 1. The SMILES string of the molecule is CCNC(=NCc1nccn1CC(C)C)NC1CCN(Cc2ccc(F)cc2)CC1.I. The molecule has 0 atom stereocenters. The van der Waals surface area contributed by atoms with Gasteiger partial charge < -0.3 is 15.2 Å². The number of benzene rings is 1. The molecule has 0 unspecified atom stereocenters. The van der Waals surface area contributed by atoms with Gasteiger partial charge in [-0.2, -0.15) is 0 Å². The lowest BCUT2D eigenvalue weighted by atomic mass is 10.0. The smallest absolute Gasteiger partial charge is 0.191 e. The van der Waals surface area contributed by atoms with Gasteiger partial charge in [-0.3, -0.25) is 4.90 Å². The molecule has 1 aromatic carbocycles. The van der Waals surface area contributed by atoms with Crippen molar-refractivity contribution in [2.45, 2.75) is 59.3 Å². The van der Waals surface area contributed by atoms with Crippen molar-refractivity contribution in [2.75, 3.05) is 19.6 Å². The fourth-order valence-electron chi connectivity index (χ4n) is 3.80. The van der Waals surface area contributed by atoms with Crippen molar-refractivity contribution in [3.8, 4) is 0 Å². The third-order valence-electron chi connectivity index (χ3n) is 5.33. The van der Waals surface area contributed by atoms with Crippen molar-refractivity contribution in [3.05, 3.63) is 53.9 Å². The maximum atomic E-state index is 13.1. The van der Waals surface area contributed by atoms with E-state index in [4.69, 9.17) is 4.99 Å². The molecule has 2 aromatic rings. The molecule has 6 nitrogen and oxygen atoms in total. The van der Waals surface area contributed by atoms with E-state index in [2.05, 4.69) is 45.9 Å². The number of likely N-dealkylation sites (tertiary alicyclic amines) is 1. The number of nitrogens with one attached hydrogen (secondary N) is 2. The Bertz CT molecular complexity index is 797. The van der Waals surface area contributed by atoms with Gasteiger partial charge in [-0.15, -0.1) is 24.0 Å². The molecule has 1 saturated heterocycles. The Labute approximate surface area is 202 Å². The normalized spacial score (nSPS) is 15.7. The average Bonchev–Trinajstić information content (AvgIpc) is 3.16. The summed E-state index contributed by atoms with van der Waals surface area (Å²) >= 11 is 0.